The number of sulfonamides is 2. The van der Waals surface area contributed by atoms with Crippen LogP contribution in [-0.2, 0) is 26.5 Å². The highest BCUT2D eigenvalue weighted by Gasteiger charge is 2.18. The van der Waals surface area contributed by atoms with Crippen LogP contribution in [0.5, 0.6) is 0 Å². The molecular formula is C27H25ClN2O4S2. The van der Waals surface area contributed by atoms with Gasteiger partial charge in [0.05, 0.1) is 21.2 Å². The second kappa shape index (κ2) is 10.3. The Morgan fingerprint density at radius 1 is 0.583 bits per heavy atom. The molecule has 6 nitrogen and oxygen atoms in total. The van der Waals surface area contributed by atoms with E-state index in [1.807, 2.05) is 26.0 Å². The van der Waals surface area contributed by atoms with Crippen LogP contribution in [0.1, 0.15) is 22.3 Å². The van der Waals surface area contributed by atoms with Crippen molar-refractivity contribution in [3.8, 4) is 0 Å². The lowest BCUT2D eigenvalue weighted by Gasteiger charge is -2.14. The van der Waals surface area contributed by atoms with Crippen LogP contribution in [0, 0.1) is 13.8 Å². The number of hydrogen-bond donors (Lipinski definition) is 2. The van der Waals surface area contributed by atoms with E-state index in [0.29, 0.717) is 17.0 Å². The molecule has 0 heterocycles. The zero-order valence-electron chi connectivity index (χ0n) is 19.7. The van der Waals surface area contributed by atoms with E-state index in [4.69, 9.17) is 11.6 Å². The van der Waals surface area contributed by atoms with Crippen LogP contribution in [-0.4, -0.2) is 16.8 Å². The normalized spacial score (nSPS) is 11.8. The summed E-state index contributed by atoms with van der Waals surface area (Å²) in [5.41, 5.74) is 4.00. The molecule has 0 unspecified atom stereocenters. The summed E-state index contributed by atoms with van der Waals surface area (Å²) in [6.07, 6.45) is 0.441. The minimum atomic E-state index is -3.89. The smallest absolute Gasteiger partial charge is 0.261 e. The summed E-state index contributed by atoms with van der Waals surface area (Å²) in [4.78, 5) is 0.219. The standard InChI is InChI=1S/C27H25ClN2O4S2/c1-19-3-11-26(12-4-19)35(31,32)29-24-16-22(15-21-7-9-23(28)10-8-21)17-25(18-24)30-36(33,34)27-13-5-20(2)6-14-27/h3-14,16-18,29-30H,15H2,1-2H3. The number of nitrogens with one attached hydrogen (secondary N) is 2. The number of halogens is 1. The highest BCUT2D eigenvalue weighted by atomic mass is 35.5. The van der Waals surface area contributed by atoms with Gasteiger partial charge in [-0.05, 0) is 86.0 Å². The summed E-state index contributed by atoms with van der Waals surface area (Å²) in [6, 6.07) is 25.0. The van der Waals surface area contributed by atoms with Crippen molar-refractivity contribution in [1.82, 2.24) is 0 Å². The quantitative estimate of drug-likeness (QED) is 0.280. The molecule has 0 saturated carbocycles. The zero-order chi connectivity index (χ0) is 25.9. The van der Waals surface area contributed by atoms with Crippen molar-refractivity contribution in [3.63, 3.8) is 0 Å². The van der Waals surface area contributed by atoms with Gasteiger partial charge in [-0.2, -0.15) is 0 Å². The van der Waals surface area contributed by atoms with Crippen LogP contribution in [0.15, 0.2) is 101 Å². The Labute approximate surface area is 217 Å². The fraction of sp³-hybridized carbons (Fsp3) is 0.111. The van der Waals surface area contributed by atoms with Gasteiger partial charge in [-0.25, -0.2) is 16.8 Å². The highest BCUT2D eigenvalue weighted by Crippen LogP contribution is 2.26. The molecule has 0 saturated heterocycles. The summed E-state index contributed by atoms with van der Waals surface area (Å²) in [5.74, 6) is 0. The SMILES string of the molecule is Cc1ccc(S(=O)(=O)Nc2cc(Cc3ccc(Cl)cc3)cc(NS(=O)(=O)c3ccc(C)cc3)c2)cc1. The second-order valence-electron chi connectivity index (χ2n) is 8.56. The number of aryl methyl sites for hydroxylation is 2. The predicted molar refractivity (Wildman–Crippen MR) is 145 cm³/mol. The van der Waals surface area contributed by atoms with Crippen LogP contribution in [0.25, 0.3) is 0 Å². The third kappa shape index (κ3) is 6.46. The fourth-order valence-electron chi connectivity index (χ4n) is 3.61. The van der Waals surface area contributed by atoms with E-state index in [-0.39, 0.29) is 21.2 Å². The Kier molecular flexibility index (Phi) is 7.40. The molecule has 9 heteroatoms. The molecule has 0 aromatic heterocycles. The molecule has 0 amide bonds. The summed E-state index contributed by atoms with van der Waals surface area (Å²) < 4.78 is 57.2. The largest absolute Gasteiger partial charge is 0.280 e. The van der Waals surface area contributed by atoms with Crippen molar-refractivity contribution in [2.75, 3.05) is 9.44 Å². The maximum Gasteiger partial charge on any atom is 0.261 e. The molecule has 36 heavy (non-hydrogen) atoms. The van der Waals surface area contributed by atoms with Crippen molar-refractivity contribution in [1.29, 1.82) is 0 Å². The monoisotopic (exact) mass is 540 g/mol. The molecule has 0 bridgehead atoms. The summed E-state index contributed by atoms with van der Waals surface area (Å²) >= 11 is 5.99. The van der Waals surface area contributed by atoms with Gasteiger partial charge in [-0.15, -0.1) is 0 Å². The maximum atomic E-state index is 13.0. The number of benzene rings is 4. The average Bonchev–Trinajstić information content (AvgIpc) is 2.80. The Bertz CT molecular complexity index is 1490. The lowest BCUT2D eigenvalue weighted by Crippen LogP contribution is -2.15. The summed E-state index contributed by atoms with van der Waals surface area (Å²) in [7, 11) is -7.77. The van der Waals surface area contributed by atoms with E-state index in [2.05, 4.69) is 9.44 Å². The molecule has 0 aliphatic carbocycles. The molecule has 4 aromatic rings. The lowest BCUT2D eigenvalue weighted by atomic mass is 10.0. The highest BCUT2D eigenvalue weighted by molar-refractivity contribution is 7.93. The van der Waals surface area contributed by atoms with Crippen molar-refractivity contribution < 1.29 is 16.8 Å². The molecular weight excluding hydrogens is 516 g/mol. The summed E-state index contributed by atoms with van der Waals surface area (Å²) in [6.45, 7) is 3.74. The van der Waals surface area contributed by atoms with Gasteiger partial charge in [0.1, 0.15) is 0 Å². The van der Waals surface area contributed by atoms with Gasteiger partial charge < -0.3 is 0 Å². The molecule has 0 atom stereocenters. The molecule has 0 aliphatic heterocycles. The third-order valence-corrected chi connectivity index (χ3v) is 8.53. The molecule has 2 N–H and O–H groups in total. The second-order valence-corrected chi connectivity index (χ2v) is 12.4. The molecule has 4 rings (SSSR count). The maximum absolute atomic E-state index is 13.0. The van der Waals surface area contributed by atoms with Crippen molar-refractivity contribution in [2.24, 2.45) is 0 Å². The van der Waals surface area contributed by atoms with Gasteiger partial charge in [0, 0.05) is 5.02 Å². The lowest BCUT2D eigenvalue weighted by molar-refractivity contribution is 0.599. The minimum Gasteiger partial charge on any atom is -0.280 e. The van der Waals surface area contributed by atoms with Crippen LogP contribution in [0.2, 0.25) is 5.02 Å². The first-order valence-corrected chi connectivity index (χ1v) is 14.4. The third-order valence-electron chi connectivity index (χ3n) is 5.48. The first-order valence-electron chi connectivity index (χ1n) is 11.1. The Morgan fingerprint density at radius 3 is 1.42 bits per heavy atom. The van der Waals surface area contributed by atoms with Gasteiger partial charge in [0.25, 0.3) is 20.0 Å². The van der Waals surface area contributed by atoms with Gasteiger partial charge in [0.15, 0.2) is 0 Å². The van der Waals surface area contributed by atoms with E-state index in [9.17, 15) is 16.8 Å². The van der Waals surface area contributed by atoms with Gasteiger partial charge in [-0.1, -0.05) is 59.1 Å². The zero-order valence-corrected chi connectivity index (χ0v) is 22.1. The van der Waals surface area contributed by atoms with E-state index < -0.39 is 20.0 Å². The van der Waals surface area contributed by atoms with Crippen LogP contribution < -0.4 is 9.44 Å². The Morgan fingerprint density at radius 2 is 1.00 bits per heavy atom. The van der Waals surface area contributed by atoms with E-state index in [0.717, 1.165) is 16.7 Å². The Balaban J connectivity index is 1.70. The van der Waals surface area contributed by atoms with Crippen LogP contribution >= 0.6 is 11.6 Å². The van der Waals surface area contributed by atoms with E-state index >= 15 is 0 Å². The van der Waals surface area contributed by atoms with Crippen molar-refractivity contribution >= 4 is 43.0 Å². The van der Waals surface area contributed by atoms with Gasteiger partial charge >= 0.3 is 0 Å². The predicted octanol–water partition coefficient (Wildman–Crippen LogP) is 6.15. The van der Waals surface area contributed by atoms with Gasteiger partial charge in [0.2, 0.25) is 0 Å². The molecule has 4 aromatic carbocycles. The van der Waals surface area contributed by atoms with E-state index in [1.165, 1.54) is 30.3 Å². The molecule has 0 fully saturated rings. The van der Waals surface area contributed by atoms with Crippen molar-refractivity contribution in [3.05, 3.63) is 118 Å². The first kappa shape index (κ1) is 25.8. The van der Waals surface area contributed by atoms with Gasteiger partial charge in [-0.3, -0.25) is 9.44 Å². The molecule has 186 valence electrons. The van der Waals surface area contributed by atoms with Crippen LogP contribution in [0.3, 0.4) is 0 Å². The van der Waals surface area contributed by atoms with Crippen molar-refractivity contribution in [2.45, 2.75) is 30.1 Å². The average molecular weight is 541 g/mol. The number of rotatable bonds is 8. The summed E-state index contributed by atoms with van der Waals surface area (Å²) in [5, 5.41) is 0.602. The fourth-order valence-corrected chi connectivity index (χ4v) is 5.82. The number of anilines is 2. The van der Waals surface area contributed by atoms with E-state index in [1.54, 1.807) is 48.5 Å². The minimum absolute atomic E-state index is 0.109. The topological polar surface area (TPSA) is 92.3 Å². The molecule has 0 aliphatic rings. The number of hydrogen-bond acceptors (Lipinski definition) is 4. The molecule has 0 spiro atoms. The van der Waals surface area contributed by atoms with Crippen LogP contribution in [0.4, 0.5) is 11.4 Å². The molecule has 0 radical (unpaired) electrons. The Hall–Kier alpha value is -3.33. The first-order chi connectivity index (χ1) is 17.0.